The van der Waals surface area contributed by atoms with Gasteiger partial charge in [-0.3, -0.25) is 14.3 Å². The Morgan fingerprint density at radius 1 is 1.57 bits per heavy atom. The number of halogens is 1. The predicted molar refractivity (Wildman–Crippen MR) is 59.4 cm³/mol. The molecule has 1 saturated heterocycles. The molecule has 0 bridgehead atoms. The molecule has 1 fully saturated rings. The third kappa shape index (κ3) is 3.84. The van der Waals surface area contributed by atoms with Gasteiger partial charge in [-0.05, 0) is 0 Å². The fourth-order valence-electron chi connectivity index (χ4n) is 1.88. The van der Waals surface area contributed by atoms with E-state index in [1.807, 2.05) is 0 Å². The van der Waals surface area contributed by atoms with Crippen LogP contribution in [0, 0.1) is 5.82 Å². The van der Waals surface area contributed by atoms with Gasteiger partial charge in [0.2, 0.25) is 5.82 Å². The molecule has 0 saturated carbocycles. The van der Waals surface area contributed by atoms with E-state index in [0.29, 0.717) is 10.8 Å². The zero-order valence-corrected chi connectivity index (χ0v) is 11.2. The number of aliphatic hydroxyl groups excluding tert-OH is 1. The lowest BCUT2D eigenvalue weighted by atomic mass is 10.2. The van der Waals surface area contributed by atoms with Crippen molar-refractivity contribution in [1.82, 2.24) is 9.55 Å². The van der Waals surface area contributed by atoms with E-state index in [4.69, 9.17) is 4.74 Å². The summed E-state index contributed by atoms with van der Waals surface area (Å²) in [5, 5.41) is 9.65. The minimum absolute atomic E-state index is 0.179. The first-order chi connectivity index (χ1) is 9.67. The maximum atomic E-state index is 13.1. The number of nitrogens with one attached hydrogen (secondary N) is 1. The fraction of sp³-hybridized carbons (Fsp3) is 0.556. The van der Waals surface area contributed by atoms with Gasteiger partial charge < -0.3 is 28.7 Å². The van der Waals surface area contributed by atoms with Crippen molar-refractivity contribution in [2.45, 2.75) is 24.9 Å². The Hall–Kier alpha value is -1.36. The van der Waals surface area contributed by atoms with Crippen LogP contribution in [-0.2, 0) is 13.8 Å². The maximum absolute atomic E-state index is 13.1. The molecule has 118 valence electrons. The zero-order chi connectivity index (χ0) is 15.8. The number of hydrogen-bond acceptors (Lipinski definition) is 8. The topological polar surface area (TPSA) is 157 Å². The van der Waals surface area contributed by atoms with E-state index in [2.05, 4.69) is 4.52 Å². The molecule has 0 spiro atoms. The van der Waals surface area contributed by atoms with E-state index in [1.165, 1.54) is 0 Å². The second-order valence-electron chi connectivity index (χ2n) is 4.32. The maximum Gasteiger partial charge on any atom is 0.330 e. The van der Waals surface area contributed by atoms with Crippen molar-refractivity contribution < 1.29 is 33.1 Å². The average molecular weight is 324 g/mol. The molecule has 0 aliphatic carbocycles. The monoisotopic (exact) mass is 324 g/mol. The first-order valence-corrected chi connectivity index (χ1v) is 7.14. The fourth-order valence-corrected chi connectivity index (χ4v) is 2.20. The summed E-state index contributed by atoms with van der Waals surface area (Å²) in [5.74, 6) is -1.23. The molecule has 2 heterocycles. The van der Waals surface area contributed by atoms with E-state index in [9.17, 15) is 33.4 Å². The molecule has 1 aromatic heterocycles. The Kier molecular flexibility index (Phi) is 4.42. The second-order valence-corrected chi connectivity index (χ2v) is 5.47. The SMILES string of the molecule is O=c1[nH]c(=O)n([C@@H]2C[C@@H](O)[C@H](COP(=O)([O-])[O-])O2)cc1F. The number of H-pyrrole nitrogens is 1. The third-order valence-electron chi connectivity index (χ3n) is 2.84. The average Bonchev–Trinajstić information content (AvgIpc) is 2.72. The Morgan fingerprint density at radius 2 is 2.24 bits per heavy atom. The van der Waals surface area contributed by atoms with Crippen molar-refractivity contribution >= 4 is 7.82 Å². The molecule has 21 heavy (non-hydrogen) atoms. The van der Waals surface area contributed by atoms with Gasteiger partial charge in [0.25, 0.3) is 5.56 Å². The molecule has 12 heteroatoms. The van der Waals surface area contributed by atoms with E-state index in [-0.39, 0.29) is 6.42 Å². The summed E-state index contributed by atoms with van der Waals surface area (Å²) in [6.45, 7) is -0.734. The summed E-state index contributed by atoms with van der Waals surface area (Å²) in [4.78, 5) is 44.8. The minimum Gasteiger partial charge on any atom is -0.790 e. The standard InChI is InChI=1S/C9H12FN2O8P/c10-4-2-12(9(15)11-8(4)14)7-1-5(13)6(20-7)3-19-21(16,17)18/h2,5-7,13H,1,3H2,(H,11,14,15)(H2,16,17,18)/p-2/t5-,6+,7+/m1/s1. The smallest absolute Gasteiger partial charge is 0.330 e. The van der Waals surface area contributed by atoms with E-state index >= 15 is 0 Å². The van der Waals surface area contributed by atoms with Crippen LogP contribution in [0.5, 0.6) is 0 Å². The highest BCUT2D eigenvalue weighted by Gasteiger charge is 2.36. The molecule has 1 aliphatic rings. The Bertz CT molecular complexity index is 681. The molecule has 1 aliphatic heterocycles. The molecule has 0 unspecified atom stereocenters. The molecule has 10 nitrogen and oxygen atoms in total. The Labute approximate surface area is 116 Å². The van der Waals surface area contributed by atoms with Gasteiger partial charge in [-0.25, -0.2) is 4.79 Å². The molecular weight excluding hydrogens is 314 g/mol. The Morgan fingerprint density at radius 3 is 2.86 bits per heavy atom. The Balaban J connectivity index is 2.14. The van der Waals surface area contributed by atoms with Crippen molar-refractivity contribution in [1.29, 1.82) is 0 Å². The summed E-state index contributed by atoms with van der Waals surface area (Å²) >= 11 is 0. The van der Waals surface area contributed by atoms with Crippen LogP contribution in [0.3, 0.4) is 0 Å². The van der Waals surface area contributed by atoms with Crippen LogP contribution >= 0.6 is 7.82 Å². The van der Waals surface area contributed by atoms with Crippen molar-refractivity contribution in [3.63, 3.8) is 0 Å². The lowest BCUT2D eigenvalue weighted by Crippen LogP contribution is -2.34. The largest absolute Gasteiger partial charge is 0.790 e. The summed E-state index contributed by atoms with van der Waals surface area (Å²) in [5.41, 5.74) is -2.16. The number of ether oxygens (including phenoxy) is 1. The first kappa shape index (κ1) is 16.0. The molecule has 0 amide bonds. The van der Waals surface area contributed by atoms with Crippen LogP contribution < -0.4 is 21.0 Å². The highest BCUT2D eigenvalue weighted by molar-refractivity contribution is 7.43. The number of phosphoric ester groups is 1. The van der Waals surface area contributed by atoms with Gasteiger partial charge in [0.1, 0.15) is 12.3 Å². The van der Waals surface area contributed by atoms with E-state index in [1.54, 1.807) is 4.98 Å². The van der Waals surface area contributed by atoms with E-state index < -0.39 is 49.9 Å². The van der Waals surface area contributed by atoms with Gasteiger partial charge in [-0.2, -0.15) is 4.39 Å². The number of nitrogens with zero attached hydrogens (tertiary/aromatic N) is 1. The molecular formula is C9H10FN2O8P-2. The van der Waals surface area contributed by atoms with Crippen LogP contribution in [0.2, 0.25) is 0 Å². The molecule has 0 aromatic carbocycles. The lowest BCUT2D eigenvalue weighted by Gasteiger charge is -2.30. The zero-order valence-electron chi connectivity index (χ0n) is 10.3. The van der Waals surface area contributed by atoms with Crippen LogP contribution in [0.25, 0.3) is 0 Å². The highest BCUT2D eigenvalue weighted by Crippen LogP contribution is 2.31. The van der Waals surface area contributed by atoms with Crippen molar-refractivity contribution in [3.8, 4) is 0 Å². The predicted octanol–water partition coefficient (Wildman–Crippen LogP) is -2.83. The number of phosphoric acid groups is 1. The lowest BCUT2D eigenvalue weighted by molar-refractivity contribution is -0.343. The van der Waals surface area contributed by atoms with Gasteiger partial charge in [-0.1, -0.05) is 0 Å². The molecule has 1 aromatic rings. The normalized spacial score (nSPS) is 26.2. The molecule has 2 N–H and O–H groups in total. The number of rotatable bonds is 4. The summed E-state index contributed by atoms with van der Waals surface area (Å²) in [6.07, 6.45) is -3.13. The summed E-state index contributed by atoms with van der Waals surface area (Å²) in [6, 6.07) is 0. The molecule has 0 radical (unpaired) electrons. The van der Waals surface area contributed by atoms with Crippen LogP contribution in [0.1, 0.15) is 12.6 Å². The van der Waals surface area contributed by atoms with E-state index in [0.717, 1.165) is 0 Å². The highest BCUT2D eigenvalue weighted by atomic mass is 31.2. The second kappa shape index (κ2) is 5.79. The number of aromatic nitrogens is 2. The minimum atomic E-state index is -5.23. The first-order valence-electron chi connectivity index (χ1n) is 5.68. The number of hydrogen-bond donors (Lipinski definition) is 2. The van der Waals surface area contributed by atoms with Crippen molar-refractivity contribution in [3.05, 3.63) is 32.9 Å². The van der Waals surface area contributed by atoms with Crippen molar-refractivity contribution in [2.75, 3.05) is 6.61 Å². The summed E-state index contributed by atoms with van der Waals surface area (Å²) in [7, 11) is -5.23. The van der Waals surface area contributed by atoms with Crippen LogP contribution in [-0.4, -0.2) is 33.5 Å². The van der Waals surface area contributed by atoms with Gasteiger partial charge in [-0.15, -0.1) is 0 Å². The summed E-state index contributed by atoms with van der Waals surface area (Å²) < 4.78 is 33.3. The van der Waals surface area contributed by atoms with Crippen LogP contribution in [0.15, 0.2) is 15.8 Å². The number of aliphatic hydroxyl groups is 1. The van der Waals surface area contributed by atoms with Crippen molar-refractivity contribution in [2.24, 2.45) is 0 Å². The number of aromatic amines is 1. The van der Waals surface area contributed by atoms with Gasteiger partial charge in [0, 0.05) is 6.42 Å². The van der Waals surface area contributed by atoms with Crippen LogP contribution in [0.4, 0.5) is 4.39 Å². The quantitative estimate of drug-likeness (QED) is 0.561. The molecule has 3 atom stereocenters. The van der Waals surface area contributed by atoms with Gasteiger partial charge >= 0.3 is 5.69 Å². The molecule has 2 rings (SSSR count). The van der Waals surface area contributed by atoms with Gasteiger partial charge in [0.15, 0.2) is 0 Å². The third-order valence-corrected chi connectivity index (χ3v) is 3.30. The van der Waals surface area contributed by atoms with Gasteiger partial charge in [0.05, 0.1) is 26.7 Å².